The molecule has 0 unspecified atom stereocenters. The van der Waals surface area contributed by atoms with Crippen molar-refractivity contribution in [3.63, 3.8) is 0 Å². The number of benzene rings is 1. The Morgan fingerprint density at radius 1 is 1.32 bits per heavy atom. The fourth-order valence-electron chi connectivity index (χ4n) is 2.44. The fourth-order valence-corrected chi connectivity index (χ4v) is 2.44. The summed E-state index contributed by atoms with van der Waals surface area (Å²) in [6.45, 7) is 2.50. The summed E-state index contributed by atoms with van der Waals surface area (Å²) in [6.07, 6.45) is -3.20. The first kappa shape index (κ1) is 20.7. The number of amides is 1. The lowest BCUT2D eigenvalue weighted by molar-refractivity contribution is -0.386. The van der Waals surface area contributed by atoms with Gasteiger partial charge in [-0.25, -0.2) is 8.78 Å². The predicted octanol–water partition coefficient (Wildman–Crippen LogP) is 2.98. The monoisotopic (exact) mass is 399 g/mol. The highest BCUT2D eigenvalue weighted by Gasteiger charge is 2.31. The van der Waals surface area contributed by atoms with Gasteiger partial charge < -0.3 is 10.1 Å². The van der Waals surface area contributed by atoms with E-state index in [4.69, 9.17) is 4.74 Å². The minimum atomic E-state index is -3.20. The summed E-state index contributed by atoms with van der Waals surface area (Å²) in [6, 6.07) is 3.78. The molecule has 0 aliphatic rings. The molecule has 0 spiro atoms. The number of anilines is 1. The van der Waals surface area contributed by atoms with Gasteiger partial charge in [-0.3, -0.25) is 29.7 Å². The summed E-state index contributed by atoms with van der Waals surface area (Å²) in [5.74, 6) is -0.610. The average Bonchev–Trinajstić information content (AvgIpc) is 2.93. The number of carbonyl (C=O) groups excluding carboxylic acids is 1. The Kier molecular flexibility index (Phi) is 6.18. The minimum absolute atomic E-state index is 0.146. The first-order chi connectivity index (χ1) is 13.1. The van der Waals surface area contributed by atoms with Crippen LogP contribution in [0.15, 0.2) is 18.2 Å². The molecule has 0 bridgehead atoms. The van der Waals surface area contributed by atoms with Crippen molar-refractivity contribution in [2.75, 3.05) is 11.9 Å². The van der Waals surface area contributed by atoms with Crippen molar-refractivity contribution in [3.8, 4) is 5.75 Å². The number of nitro benzene ring substituents is 1. The number of nitrogens with one attached hydrogen (secondary N) is 1. The van der Waals surface area contributed by atoms with E-state index < -0.39 is 45.8 Å². The van der Waals surface area contributed by atoms with Gasteiger partial charge in [0.2, 0.25) is 11.6 Å². The Bertz CT molecular complexity index is 930. The molecule has 1 amide bonds. The van der Waals surface area contributed by atoms with E-state index >= 15 is 0 Å². The van der Waals surface area contributed by atoms with Gasteiger partial charge >= 0.3 is 5.69 Å². The molecule has 1 aromatic heterocycles. The van der Waals surface area contributed by atoms with Crippen LogP contribution < -0.4 is 10.1 Å². The molecule has 0 fully saturated rings. The summed E-state index contributed by atoms with van der Waals surface area (Å²) < 4.78 is 31.8. The standard InChI is InChI=1S/C15H15F2N5O6/c1-3-28-9-4-5-10(11(6-9)21(24)25)18-12(23)7-20-8(2)14(22(26)27)13(19-20)15(16)17/h4-6,15H,3,7H2,1-2H3,(H,18,23). The predicted molar refractivity (Wildman–Crippen MR) is 91.5 cm³/mol. The number of halogens is 2. The number of carbonyl (C=O) groups is 1. The lowest BCUT2D eigenvalue weighted by Gasteiger charge is -2.09. The van der Waals surface area contributed by atoms with Gasteiger partial charge in [-0.05, 0) is 26.0 Å². The quantitative estimate of drug-likeness (QED) is 0.531. The largest absolute Gasteiger partial charge is 0.494 e. The zero-order valence-corrected chi connectivity index (χ0v) is 14.7. The van der Waals surface area contributed by atoms with Gasteiger partial charge in [-0.15, -0.1) is 0 Å². The molecule has 13 heteroatoms. The molecule has 2 aromatic rings. The summed E-state index contributed by atoms with van der Waals surface area (Å²) in [7, 11) is 0. The Balaban J connectivity index is 2.27. The molecule has 1 heterocycles. The van der Waals surface area contributed by atoms with Crippen molar-refractivity contribution in [1.82, 2.24) is 9.78 Å². The Morgan fingerprint density at radius 2 is 2.00 bits per heavy atom. The Morgan fingerprint density at radius 3 is 2.50 bits per heavy atom. The van der Waals surface area contributed by atoms with E-state index in [-0.39, 0.29) is 23.7 Å². The van der Waals surface area contributed by atoms with E-state index in [0.717, 1.165) is 10.7 Å². The third-order valence-corrected chi connectivity index (χ3v) is 3.63. The van der Waals surface area contributed by atoms with Crippen molar-refractivity contribution in [2.24, 2.45) is 0 Å². The van der Waals surface area contributed by atoms with Crippen LogP contribution in [-0.2, 0) is 11.3 Å². The summed E-state index contributed by atoms with van der Waals surface area (Å²) in [5, 5.41) is 27.9. The van der Waals surface area contributed by atoms with Crippen LogP contribution in [0.5, 0.6) is 5.75 Å². The number of hydrogen-bond donors (Lipinski definition) is 1. The van der Waals surface area contributed by atoms with Crippen LogP contribution in [0.1, 0.15) is 24.7 Å². The van der Waals surface area contributed by atoms with Gasteiger partial charge in [0.1, 0.15) is 23.7 Å². The molecule has 0 atom stereocenters. The SMILES string of the molecule is CCOc1ccc(NC(=O)Cn2nc(C(F)F)c([N+](=O)[O-])c2C)c([N+](=O)[O-])c1. The molecule has 0 radical (unpaired) electrons. The zero-order chi connectivity index (χ0) is 21.0. The number of hydrogen-bond acceptors (Lipinski definition) is 7. The van der Waals surface area contributed by atoms with Crippen molar-refractivity contribution in [3.05, 3.63) is 49.8 Å². The Hall–Kier alpha value is -3.64. The minimum Gasteiger partial charge on any atom is -0.494 e. The lowest BCUT2D eigenvalue weighted by atomic mass is 10.2. The van der Waals surface area contributed by atoms with Crippen LogP contribution >= 0.6 is 0 Å². The van der Waals surface area contributed by atoms with Crippen molar-refractivity contribution in [1.29, 1.82) is 0 Å². The number of rotatable bonds is 8. The first-order valence-electron chi connectivity index (χ1n) is 7.86. The molecule has 0 saturated carbocycles. The number of nitrogens with zero attached hydrogens (tertiary/aromatic N) is 4. The molecule has 1 aromatic carbocycles. The maximum Gasteiger partial charge on any atom is 0.319 e. The molecular weight excluding hydrogens is 384 g/mol. The molecule has 0 aliphatic heterocycles. The fraction of sp³-hybridized carbons (Fsp3) is 0.333. The van der Waals surface area contributed by atoms with Crippen LogP contribution in [0.25, 0.3) is 0 Å². The van der Waals surface area contributed by atoms with E-state index in [1.165, 1.54) is 19.1 Å². The van der Waals surface area contributed by atoms with Gasteiger partial charge in [-0.1, -0.05) is 0 Å². The highest BCUT2D eigenvalue weighted by Crippen LogP contribution is 2.31. The van der Waals surface area contributed by atoms with Gasteiger partial charge in [0.25, 0.3) is 12.1 Å². The molecule has 11 nitrogen and oxygen atoms in total. The van der Waals surface area contributed by atoms with Gasteiger partial charge in [-0.2, -0.15) is 5.10 Å². The topological polar surface area (TPSA) is 142 Å². The van der Waals surface area contributed by atoms with Crippen LogP contribution in [-0.4, -0.2) is 32.1 Å². The van der Waals surface area contributed by atoms with E-state index in [1.54, 1.807) is 6.92 Å². The van der Waals surface area contributed by atoms with Crippen molar-refractivity contribution < 1.29 is 28.2 Å². The number of nitro groups is 2. The average molecular weight is 399 g/mol. The van der Waals surface area contributed by atoms with Gasteiger partial charge in [0, 0.05) is 0 Å². The van der Waals surface area contributed by atoms with E-state index in [1.807, 2.05) is 0 Å². The number of alkyl halides is 2. The molecular formula is C15H15F2N5O6. The van der Waals surface area contributed by atoms with Crippen LogP contribution in [0.4, 0.5) is 25.8 Å². The first-order valence-corrected chi connectivity index (χ1v) is 7.86. The highest BCUT2D eigenvalue weighted by molar-refractivity contribution is 5.93. The smallest absolute Gasteiger partial charge is 0.319 e. The number of aromatic nitrogens is 2. The maximum absolute atomic E-state index is 12.9. The summed E-state index contributed by atoms with van der Waals surface area (Å²) >= 11 is 0. The van der Waals surface area contributed by atoms with Crippen molar-refractivity contribution in [2.45, 2.75) is 26.8 Å². The Labute approximate surface area is 156 Å². The second-order valence-electron chi connectivity index (χ2n) is 5.45. The maximum atomic E-state index is 12.9. The third-order valence-electron chi connectivity index (χ3n) is 3.63. The third kappa shape index (κ3) is 4.36. The summed E-state index contributed by atoms with van der Waals surface area (Å²) in [4.78, 5) is 32.6. The van der Waals surface area contributed by atoms with Crippen molar-refractivity contribution >= 4 is 23.0 Å². The van der Waals surface area contributed by atoms with Gasteiger partial charge in [0.05, 0.1) is 22.5 Å². The molecule has 0 saturated heterocycles. The second-order valence-corrected chi connectivity index (χ2v) is 5.45. The van der Waals surface area contributed by atoms with Crippen LogP contribution in [0.2, 0.25) is 0 Å². The van der Waals surface area contributed by atoms with Crippen LogP contribution in [0, 0.1) is 27.2 Å². The molecule has 1 N–H and O–H groups in total. The van der Waals surface area contributed by atoms with E-state index in [0.29, 0.717) is 0 Å². The van der Waals surface area contributed by atoms with E-state index in [2.05, 4.69) is 10.4 Å². The van der Waals surface area contributed by atoms with Crippen LogP contribution in [0.3, 0.4) is 0 Å². The second kappa shape index (κ2) is 8.37. The van der Waals surface area contributed by atoms with E-state index in [9.17, 15) is 33.8 Å². The normalized spacial score (nSPS) is 10.8. The number of ether oxygens (including phenoxy) is 1. The lowest BCUT2D eigenvalue weighted by Crippen LogP contribution is -2.21. The molecule has 2 rings (SSSR count). The molecule has 0 aliphatic carbocycles. The molecule has 150 valence electrons. The zero-order valence-electron chi connectivity index (χ0n) is 14.7. The highest BCUT2D eigenvalue weighted by atomic mass is 19.3. The summed E-state index contributed by atoms with van der Waals surface area (Å²) in [5.41, 5.74) is -2.75. The van der Waals surface area contributed by atoms with Gasteiger partial charge in [0.15, 0.2) is 0 Å². The molecule has 28 heavy (non-hydrogen) atoms.